The molecule has 1 aromatic carbocycles. The minimum absolute atomic E-state index is 0.0487. The van der Waals surface area contributed by atoms with Gasteiger partial charge in [0.15, 0.2) is 4.80 Å². The maximum absolute atomic E-state index is 12.2. The van der Waals surface area contributed by atoms with Crippen LogP contribution < -0.4 is 19.6 Å². The molecule has 0 saturated carbocycles. The number of fused-ring (bicyclic) bond motifs is 1. The van der Waals surface area contributed by atoms with Crippen molar-refractivity contribution in [2.24, 2.45) is 4.99 Å². The second-order valence-corrected chi connectivity index (χ2v) is 5.21. The van der Waals surface area contributed by atoms with E-state index in [0.717, 1.165) is 22.7 Å². The van der Waals surface area contributed by atoms with Gasteiger partial charge in [-0.1, -0.05) is 29.5 Å². The predicted octanol–water partition coefficient (Wildman–Crippen LogP) is 0.770. The van der Waals surface area contributed by atoms with Crippen LogP contribution in [-0.4, -0.2) is 17.7 Å². The summed E-state index contributed by atoms with van der Waals surface area (Å²) in [6.07, 6.45) is 1.89. The molecule has 2 heterocycles. The first-order valence-electron chi connectivity index (χ1n) is 6.27. The maximum Gasteiger partial charge on any atom is 0.270 e. The molecule has 2 aromatic rings. The Morgan fingerprint density at radius 2 is 2.32 bits per heavy atom. The molecule has 0 spiro atoms. The summed E-state index contributed by atoms with van der Waals surface area (Å²) in [7, 11) is 0. The smallest absolute Gasteiger partial charge is 0.270 e. The molecule has 3 rings (SSSR count). The Hall–Kier alpha value is -1.88. The second kappa shape index (κ2) is 5.01. The van der Waals surface area contributed by atoms with E-state index in [1.54, 1.807) is 4.57 Å². The van der Waals surface area contributed by atoms with E-state index in [1.807, 2.05) is 37.3 Å². The first-order valence-corrected chi connectivity index (χ1v) is 7.09. The molecule has 0 N–H and O–H groups in total. The third kappa shape index (κ3) is 2.21. The van der Waals surface area contributed by atoms with Crippen LogP contribution in [0.1, 0.15) is 12.5 Å². The molecule has 0 saturated heterocycles. The molecule has 0 atom stereocenters. The Kier molecular flexibility index (Phi) is 3.21. The lowest BCUT2D eigenvalue weighted by atomic mass is 10.2. The Morgan fingerprint density at radius 1 is 1.47 bits per heavy atom. The number of hydrogen-bond acceptors (Lipinski definition) is 4. The summed E-state index contributed by atoms with van der Waals surface area (Å²) < 4.78 is 8.02. The Balaban J connectivity index is 2.15. The number of thiazole rings is 1. The van der Waals surface area contributed by atoms with E-state index in [1.165, 1.54) is 11.3 Å². The molecule has 0 amide bonds. The van der Waals surface area contributed by atoms with Gasteiger partial charge in [0.2, 0.25) is 0 Å². The van der Waals surface area contributed by atoms with Crippen LogP contribution in [0.2, 0.25) is 0 Å². The van der Waals surface area contributed by atoms with E-state index in [9.17, 15) is 4.79 Å². The standard InChI is InChI=1S/C14H14N2O2S/c1-2-18-11-6-4-3-5-10(11)9-12-13(17)16-8-7-15-14(16)19-12/h3-6,9H,2,7-8H2,1H3/b12-9-. The van der Waals surface area contributed by atoms with E-state index >= 15 is 0 Å². The van der Waals surface area contributed by atoms with Gasteiger partial charge in [0.05, 0.1) is 17.7 Å². The van der Waals surface area contributed by atoms with E-state index in [0.29, 0.717) is 17.7 Å². The summed E-state index contributed by atoms with van der Waals surface area (Å²) >= 11 is 1.44. The average molecular weight is 274 g/mol. The fraction of sp³-hybridized carbons (Fsp3) is 0.286. The topological polar surface area (TPSA) is 43.6 Å². The first-order chi connectivity index (χ1) is 9.29. The molecule has 1 aliphatic heterocycles. The lowest BCUT2D eigenvalue weighted by Gasteiger charge is -2.05. The van der Waals surface area contributed by atoms with Crippen LogP contribution in [0.3, 0.4) is 0 Å². The third-order valence-corrected chi connectivity index (χ3v) is 4.01. The van der Waals surface area contributed by atoms with Crippen LogP contribution in [0, 0.1) is 0 Å². The number of nitrogens with zero attached hydrogens (tertiary/aromatic N) is 2. The molecule has 1 aliphatic rings. The number of para-hydroxylation sites is 1. The van der Waals surface area contributed by atoms with Crippen molar-refractivity contribution < 1.29 is 4.74 Å². The molecular formula is C14H14N2O2S. The van der Waals surface area contributed by atoms with Gasteiger partial charge >= 0.3 is 0 Å². The zero-order valence-corrected chi connectivity index (χ0v) is 11.4. The van der Waals surface area contributed by atoms with Crippen LogP contribution >= 0.6 is 11.3 Å². The molecule has 5 heteroatoms. The molecule has 1 aromatic heterocycles. The normalized spacial score (nSPS) is 14.3. The lowest BCUT2D eigenvalue weighted by Crippen LogP contribution is -2.29. The molecule has 0 fully saturated rings. The highest BCUT2D eigenvalue weighted by atomic mass is 32.1. The fourth-order valence-electron chi connectivity index (χ4n) is 2.10. The highest BCUT2D eigenvalue weighted by molar-refractivity contribution is 7.07. The van der Waals surface area contributed by atoms with E-state index < -0.39 is 0 Å². The molecule has 98 valence electrons. The monoisotopic (exact) mass is 274 g/mol. The molecule has 0 radical (unpaired) electrons. The Morgan fingerprint density at radius 3 is 3.11 bits per heavy atom. The molecule has 4 nitrogen and oxygen atoms in total. The van der Waals surface area contributed by atoms with Crippen molar-refractivity contribution in [2.45, 2.75) is 13.5 Å². The van der Waals surface area contributed by atoms with Crippen molar-refractivity contribution in [1.29, 1.82) is 0 Å². The van der Waals surface area contributed by atoms with Gasteiger partial charge in [0.25, 0.3) is 5.56 Å². The second-order valence-electron chi connectivity index (χ2n) is 4.20. The van der Waals surface area contributed by atoms with Gasteiger partial charge in [-0.3, -0.25) is 14.4 Å². The summed E-state index contributed by atoms with van der Waals surface area (Å²) in [5, 5.41) is 0. The van der Waals surface area contributed by atoms with Crippen LogP contribution in [0.15, 0.2) is 34.1 Å². The number of hydrogen-bond donors (Lipinski definition) is 0. The average Bonchev–Trinajstić information content (AvgIpc) is 2.97. The number of ether oxygens (including phenoxy) is 1. The predicted molar refractivity (Wildman–Crippen MR) is 75.4 cm³/mol. The van der Waals surface area contributed by atoms with Gasteiger partial charge in [-0.15, -0.1) is 0 Å². The van der Waals surface area contributed by atoms with E-state index in [-0.39, 0.29) is 5.56 Å². The largest absolute Gasteiger partial charge is 0.493 e. The minimum atomic E-state index is 0.0487. The van der Waals surface area contributed by atoms with Crippen molar-refractivity contribution in [3.63, 3.8) is 0 Å². The van der Waals surface area contributed by atoms with Crippen LogP contribution in [-0.2, 0) is 6.54 Å². The zero-order chi connectivity index (χ0) is 13.2. The van der Waals surface area contributed by atoms with Crippen molar-refractivity contribution in [3.05, 3.63) is 49.5 Å². The quantitative estimate of drug-likeness (QED) is 0.830. The number of aromatic nitrogens is 1. The highest BCUT2D eigenvalue weighted by Gasteiger charge is 2.10. The summed E-state index contributed by atoms with van der Waals surface area (Å²) in [6, 6.07) is 7.74. The van der Waals surface area contributed by atoms with Crippen LogP contribution in [0.25, 0.3) is 6.08 Å². The van der Waals surface area contributed by atoms with Crippen molar-refractivity contribution in [3.8, 4) is 5.75 Å². The van der Waals surface area contributed by atoms with E-state index in [4.69, 9.17) is 4.74 Å². The number of benzene rings is 1. The van der Waals surface area contributed by atoms with Crippen LogP contribution in [0.5, 0.6) is 5.75 Å². The molecule has 0 unspecified atom stereocenters. The molecule has 0 aliphatic carbocycles. The Bertz CT molecular complexity index is 773. The fourth-order valence-corrected chi connectivity index (χ4v) is 3.12. The number of rotatable bonds is 3. The van der Waals surface area contributed by atoms with Gasteiger partial charge in [-0.2, -0.15) is 0 Å². The first kappa shape index (κ1) is 12.2. The SMILES string of the molecule is CCOc1ccccc1/C=c1\sc2n(c1=O)CCN=2. The summed E-state index contributed by atoms with van der Waals surface area (Å²) in [6.45, 7) is 3.98. The van der Waals surface area contributed by atoms with Gasteiger partial charge in [0.1, 0.15) is 5.75 Å². The maximum atomic E-state index is 12.2. The lowest BCUT2D eigenvalue weighted by molar-refractivity contribution is 0.339. The Labute approximate surface area is 114 Å². The van der Waals surface area contributed by atoms with Gasteiger partial charge in [-0.05, 0) is 19.1 Å². The van der Waals surface area contributed by atoms with Crippen LogP contribution in [0.4, 0.5) is 0 Å². The van der Waals surface area contributed by atoms with Crippen molar-refractivity contribution in [1.82, 2.24) is 4.57 Å². The molecule has 0 bridgehead atoms. The zero-order valence-electron chi connectivity index (χ0n) is 10.6. The summed E-state index contributed by atoms with van der Waals surface area (Å²) in [4.78, 5) is 17.3. The third-order valence-electron chi connectivity index (χ3n) is 2.96. The highest BCUT2D eigenvalue weighted by Crippen LogP contribution is 2.18. The van der Waals surface area contributed by atoms with Gasteiger partial charge in [-0.25, -0.2) is 0 Å². The molecule has 19 heavy (non-hydrogen) atoms. The van der Waals surface area contributed by atoms with E-state index in [2.05, 4.69) is 4.99 Å². The minimum Gasteiger partial charge on any atom is -0.493 e. The van der Waals surface area contributed by atoms with Gasteiger partial charge in [0, 0.05) is 12.1 Å². The summed E-state index contributed by atoms with van der Waals surface area (Å²) in [5.41, 5.74) is 0.981. The van der Waals surface area contributed by atoms with Gasteiger partial charge < -0.3 is 4.74 Å². The van der Waals surface area contributed by atoms with Crippen molar-refractivity contribution in [2.75, 3.05) is 13.2 Å². The van der Waals surface area contributed by atoms with Crippen molar-refractivity contribution >= 4 is 17.4 Å². The molecular weight excluding hydrogens is 260 g/mol. The summed E-state index contributed by atoms with van der Waals surface area (Å²) in [5.74, 6) is 0.805.